The van der Waals surface area contributed by atoms with Gasteiger partial charge in [-0.25, -0.2) is 4.98 Å². The number of nitrogens with zero attached hydrogens (tertiary/aromatic N) is 4. The Morgan fingerprint density at radius 1 is 1.29 bits per heavy atom. The summed E-state index contributed by atoms with van der Waals surface area (Å²) in [4.78, 5) is 15.1. The number of hydrogen-bond donors (Lipinski definition) is 0. The number of aromatic nitrogens is 4. The van der Waals surface area contributed by atoms with Crippen molar-refractivity contribution in [1.82, 2.24) is 20.1 Å². The maximum absolute atomic E-state index is 5.34. The number of thiazole rings is 2. The highest BCUT2D eigenvalue weighted by Crippen LogP contribution is 2.43. The lowest BCUT2D eigenvalue weighted by molar-refractivity contribution is 0.398. The van der Waals surface area contributed by atoms with Gasteiger partial charge in [-0.2, -0.15) is 9.97 Å². The molecule has 1 saturated carbocycles. The average molecular weight is 320 g/mol. The zero-order valence-electron chi connectivity index (χ0n) is 11.5. The minimum Gasteiger partial charge on any atom is -0.480 e. The van der Waals surface area contributed by atoms with Crippen LogP contribution < -0.4 is 4.74 Å². The molecular weight excluding hydrogens is 308 g/mol. The van der Waals surface area contributed by atoms with E-state index in [1.807, 2.05) is 13.1 Å². The number of aryl methyl sites for hydroxylation is 1. The van der Waals surface area contributed by atoms with Crippen LogP contribution in [0.1, 0.15) is 28.6 Å². The first-order valence-corrected chi connectivity index (χ1v) is 8.19. The largest absolute Gasteiger partial charge is 0.480 e. The predicted octanol–water partition coefficient (Wildman–Crippen LogP) is 3.51. The third-order valence-electron chi connectivity index (χ3n) is 3.23. The second-order valence-corrected chi connectivity index (χ2v) is 7.11. The molecule has 0 aromatic carbocycles. The van der Waals surface area contributed by atoms with Gasteiger partial charge in [-0.3, -0.25) is 0 Å². The standard InChI is InChI=1S/C13H12N4O2S2/c1-6-10(18-2)16-13(20-6)9-15-11(19-17-9)8-5-14-12(21-8)7-3-4-7/h5,7H,3-4H2,1-2H3. The van der Waals surface area contributed by atoms with Crippen LogP contribution in [0.5, 0.6) is 5.88 Å². The Morgan fingerprint density at radius 3 is 2.86 bits per heavy atom. The van der Waals surface area contributed by atoms with E-state index >= 15 is 0 Å². The molecule has 1 aliphatic carbocycles. The Kier molecular flexibility index (Phi) is 3.00. The lowest BCUT2D eigenvalue weighted by atomic mass is 10.5. The first-order chi connectivity index (χ1) is 10.2. The van der Waals surface area contributed by atoms with Crippen LogP contribution in [0.3, 0.4) is 0 Å². The van der Waals surface area contributed by atoms with Crippen LogP contribution in [-0.2, 0) is 0 Å². The lowest BCUT2D eigenvalue weighted by Crippen LogP contribution is -1.84. The van der Waals surface area contributed by atoms with Crippen molar-refractivity contribution in [2.75, 3.05) is 7.11 Å². The summed E-state index contributed by atoms with van der Waals surface area (Å²) in [6.07, 6.45) is 4.28. The highest BCUT2D eigenvalue weighted by Gasteiger charge is 2.27. The summed E-state index contributed by atoms with van der Waals surface area (Å²) < 4.78 is 10.5. The molecule has 0 unspecified atom stereocenters. The van der Waals surface area contributed by atoms with E-state index in [1.165, 1.54) is 24.2 Å². The molecule has 6 nitrogen and oxygen atoms in total. The van der Waals surface area contributed by atoms with Crippen LogP contribution in [-0.4, -0.2) is 27.2 Å². The molecule has 0 saturated heterocycles. The van der Waals surface area contributed by atoms with E-state index in [0.717, 1.165) is 14.8 Å². The molecule has 108 valence electrons. The minimum absolute atomic E-state index is 0.489. The molecule has 0 amide bonds. The quantitative estimate of drug-likeness (QED) is 0.732. The van der Waals surface area contributed by atoms with Crippen LogP contribution in [0.15, 0.2) is 10.7 Å². The van der Waals surface area contributed by atoms with Crippen molar-refractivity contribution in [2.45, 2.75) is 25.7 Å². The fourth-order valence-electron chi connectivity index (χ4n) is 1.98. The summed E-state index contributed by atoms with van der Waals surface area (Å²) in [5, 5.41) is 5.87. The van der Waals surface area contributed by atoms with Crippen molar-refractivity contribution in [2.24, 2.45) is 0 Å². The fourth-order valence-corrected chi connectivity index (χ4v) is 3.80. The number of rotatable bonds is 4. The molecule has 21 heavy (non-hydrogen) atoms. The number of ether oxygens (including phenoxy) is 1. The highest BCUT2D eigenvalue weighted by atomic mass is 32.1. The zero-order chi connectivity index (χ0) is 14.4. The molecule has 0 N–H and O–H groups in total. The SMILES string of the molecule is COc1nc(-c2noc(-c3cnc(C4CC4)s3)n2)sc1C. The van der Waals surface area contributed by atoms with E-state index in [2.05, 4.69) is 20.1 Å². The van der Waals surface area contributed by atoms with Crippen LogP contribution in [0.25, 0.3) is 21.6 Å². The molecule has 0 bridgehead atoms. The summed E-state index contributed by atoms with van der Waals surface area (Å²) in [5.74, 6) is 2.23. The van der Waals surface area contributed by atoms with Gasteiger partial charge < -0.3 is 9.26 Å². The van der Waals surface area contributed by atoms with Gasteiger partial charge in [0.05, 0.1) is 23.2 Å². The number of hydrogen-bond acceptors (Lipinski definition) is 8. The third kappa shape index (κ3) is 2.34. The van der Waals surface area contributed by atoms with Crippen molar-refractivity contribution >= 4 is 22.7 Å². The topological polar surface area (TPSA) is 73.9 Å². The molecule has 3 heterocycles. The number of methoxy groups -OCH3 is 1. The van der Waals surface area contributed by atoms with E-state index in [9.17, 15) is 0 Å². The molecular formula is C13H12N4O2S2. The molecule has 0 aliphatic heterocycles. The lowest BCUT2D eigenvalue weighted by Gasteiger charge is -1.90. The molecule has 1 aliphatic rings. The summed E-state index contributed by atoms with van der Waals surface area (Å²) in [7, 11) is 1.60. The summed E-state index contributed by atoms with van der Waals surface area (Å²) >= 11 is 3.12. The van der Waals surface area contributed by atoms with Gasteiger partial charge >= 0.3 is 0 Å². The molecule has 3 aromatic rings. The Bertz CT molecular complexity index is 788. The molecule has 3 aromatic heterocycles. The van der Waals surface area contributed by atoms with Crippen LogP contribution in [0.4, 0.5) is 0 Å². The van der Waals surface area contributed by atoms with Gasteiger partial charge in [0, 0.05) is 5.92 Å². The molecule has 1 fully saturated rings. The van der Waals surface area contributed by atoms with E-state index in [0.29, 0.717) is 28.5 Å². The summed E-state index contributed by atoms with van der Waals surface area (Å²) in [6, 6.07) is 0. The molecule has 8 heteroatoms. The molecule has 0 spiro atoms. The van der Waals surface area contributed by atoms with Crippen molar-refractivity contribution in [1.29, 1.82) is 0 Å². The van der Waals surface area contributed by atoms with Crippen LogP contribution in [0.2, 0.25) is 0 Å². The maximum atomic E-state index is 5.34. The first-order valence-electron chi connectivity index (χ1n) is 6.56. The summed E-state index contributed by atoms with van der Waals surface area (Å²) in [6.45, 7) is 1.95. The Morgan fingerprint density at radius 2 is 2.14 bits per heavy atom. The maximum Gasteiger partial charge on any atom is 0.270 e. The average Bonchev–Trinajstić information content (AvgIpc) is 2.94. The second kappa shape index (κ2) is 4.88. The van der Waals surface area contributed by atoms with Crippen LogP contribution in [0, 0.1) is 6.92 Å². The van der Waals surface area contributed by atoms with E-state index in [4.69, 9.17) is 9.26 Å². The van der Waals surface area contributed by atoms with Gasteiger partial charge in [-0.15, -0.1) is 22.7 Å². The van der Waals surface area contributed by atoms with Gasteiger partial charge in [0.15, 0.2) is 5.01 Å². The molecule has 4 rings (SSSR count). The Labute approximate surface area is 128 Å². The van der Waals surface area contributed by atoms with E-state index in [1.54, 1.807) is 18.4 Å². The van der Waals surface area contributed by atoms with Crippen molar-refractivity contribution < 1.29 is 9.26 Å². The predicted molar refractivity (Wildman–Crippen MR) is 79.8 cm³/mol. The third-order valence-corrected chi connectivity index (χ3v) is 5.32. The van der Waals surface area contributed by atoms with E-state index in [-0.39, 0.29) is 0 Å². The van der Waals surface area contributed by atoms with Gasteiger partial charge in [-0.1, -0.05) is 5.16 Å². The van der Waals surface area contributed by atoms with Gasteiger partial charge in [0.2, 0.25) is 11.7 Å². The van der Waals surface area contributed by atoms with Crippen LogP contribution >= 0.6 is 22.7 Å². The Balaban J connectivity index is 1.64. The molecule has 0 radical (unpaired) electrons. The van der Waals surface area contributed by atoms with Crippen molar-refractivity contribution in [3.63, 3.8) is 0 Å². The highest BCUT2D eigenvalue weighted by molar-refractivity contribution is 7.15. The normalized spacial score (nSPS) is 14.6. The smallest absolute Gasteiger partial charge is 0.270 e. The van der Waals surface area contributed by atoms with Crippen molar-refractivity contribution in [3.05, 3.63) is 16.1 Å². The summed E-state index contributed by atoms with van der Waals surface area (Å²) in [5.41, 5.74) is 0. The monoisotopic (exact) mass is 320 g/mol. The minimum atomic E-state index is 0.489. The first kappa shape index (κ1) is 12.9. The van der Waals surface area contributed by atoms with Gasteiger partial charge in [0.25, 0.3) is 5.89 Å². The zero-order valence-corrected chi connectivity index (χ0v) is 13.1. The van der Waals surface area contributed by atoms with E-state index < -0.39 is 0 Å². The molecule has 0 atom stereocenters. The van der Waals surface area contributed by atoms with Gasteiger partial charge in [0.1, 0.15) is 4.88 Å². The fraction of sp³-hybridized carbons (Fsp3) is 0.385. The van der Waals surface area contributed by atoms with Crippen molar-refractivity contribution in [3.8, 4) is 27.5 Å². The van der Waals surface area contributed by atoms with Gasteiger partial charge in [-0.05, 0) is 19.8 Å². The second-order valence-electron chi connectivity index (χ2n) is 4.84. The Hall–Kier alpha value is -1.80.